The van der Waals surface area contributed by atoms with Crippen LogP contribution in [-0.4, -0.2) is 30.8 Å². The minimum absolute atomic E-state index is 0.0399. The third-order valence-corrected chi connectivity index (χ3v) is 6.03. The van der Waals surface area contributed by atoms with Crippen LogP contribution in [-0.2, 0) is 20.8 Å². The maximum absolute atomic E-state index is 12.8. The van der Waals surface area contributed by atoms with E-state index in [1.54, 1.807) is 4.90 Å². The molecule has 6 nitrogen and oxygen atoms in total. The van der Waals surface area contributed by atoms with Crippen molar-refractivity contribution in [2.45, 2.75) is 39.2 Å². The third kappa shape index (κ3) is 3.82. The van der Waals surface area contributed by atoms with E-state index in [4.69, 9.17) is 0 Å². The van der Waals surface area contributed by atoms with Crippen molar-refractivity contribution in [1.82, 2.24) is 5.32 Å². The zero-order valence-corrected chi connectivity index (χ0v) is 17.4. The lowest BCUT2D eigenvalue weighted by Gasteiger charge is -2.20. The predicted octanol–water partition coefficient (Wildman–Crippen LogP) is 3.22. The smallest absolute Gasteiger partial charge is 0.227 e. The van der Waals surface area contributed by atoms with Crippen LogP contribution in [0.2, 0.25) is 0 Å². The highest BCUT2D eigenvalue weighted by atomic mass is 16.2. The number of anilines is 2. The van der Waals surface area contributed by atoms with Crippen molar-refractivity contribution in [1.29, 1.82) is 0 Å². The predicted molar refractivity (Wildman–Crippen MR) is 116 cm³/mol. The number of amides is 3. The zero-order valence-electron chi connectivity index (χ0n) is 17.4. The number of benzene rings is 2. The Morgan fingerprint density at radius 2 is 1.93 bits per heavy atom. The molecule has 6 heteroatoms. The van der Waals surface area contributed by atoms with Gasteiger partial charge in [-0.15, -0.1) is 0 Å². The Balaban J connectivity index is 1.44. The number of nitrogens with one attached hydrogen (secondary N) is 1. The van der Waals surface area contributed by atoms with E-state index < -0.39 is 0 Å². The van der Waals surface area contributed by atoms with Crippen LogP contribution in [0.3, 0.4) is 0 Å². The number of rotatable bonds is 5. The molecule has 0 aliphatic carbocycles. The summed E-state index contributed by atoms with van der Waals surface area (Å²) in [7, 11) is 0. The first-order valence-corrected chi connectivity index (χ1v) is 10.6. The first-order valence-electron chi connectivity index (χ1n) is 10.6. The van der Waals surface area contributed by atoms with E-state index in [0.29, 0.717) is 19.5 Å². The van der Waals surface area contributed by atoms with Gasteiger partial charge in [0.2, 0.25) is 17.7 Å². The Hall–Kier alpha value is -3.15. The van der Waals surface area contributed by atoms with Crippen molar-refractivity contribution in [2.75, 3.05) is 22.9 Å². The third-order valence-electron chi connectivity index (χ3n) is 6.03. The fourth-order valence-corrected chi connectivity index (χ4v) is 4.30. The summed E-state index contributed by atoms with van der Waals surface area (Å²) >= 11 is 0. The Labute approximate surface area is 176 Å². The van der Waals surface area contributed by atoms with Crippen LogP contribution in [0.5, 0.6) is 0 Å². The molecule has 1 saturated heterocycles. The molecule has 4 rings (SSSR count). The molecule has 1 fully saturated rings. The van der Waals surface area contributed by atoms with Crippen LogP contribution in [0.15, 0.2) is 48.5 Å². The van der Waals surface area contributed by atoms with Crippen molar-refractivity contribution in [2.24, 2.45) is 5.92 Å². The highest BCUT2D eigenvalue weighted by molar-refractivity contribution is 6.01. The van der Waals surface area contributed by atoms with Gasteiger partial charge < -0.3 is 15.1 Å². The van der Waals surface area contributed by atoms with Gasteiger partial charge in [0.15, 0.2) is 0 Å². The molecular formula is C24H27N3O3. The van der Waals surface area contributed by atoms with Gasteiger partial charge in [0, 0.05) is 37.3 Å². The van der Waals surface area contributed by atoms with Gasteiger partial charge in [0.05, 0.1) is 12.0 Å². The summed E-state index contributed by atoms with van der Waals surface area (Å²) in [6.07, 6.45) is 1.48. The molecule has 0 bridgehead atoms. The van der Waals surface area contributed by atoms with Gasteiger partial charge in [-0.2, -0.15) is 0 Å². The molecule has 2 aromatic carbocycles. The molecule has 2 aliphatic heterocycles. The van der Waals surface area contributed by atoms with Crippen LogP contribution < -0.4 is 15.1 Å². The number of fused-ring (bicyclic) bond motifs is 1. The molecule has 2 heterocycles. The summed E-state index contributed by atoms with van der Waals surface area (Å²) in [6.45, 7) is 4.87. The summed E-state index contributed by atoms with van der Waals surface area (Å²) in [6, 6.07) is 15.5. The van der Waals surface area contributed by atoms with Gasteiger partial charge in [-0.1, -0.05) is 37.3 Å². The summed E-state index contributed by atoms with van der Waals surface area (Å²) in [4.78, 5) is 41.0. The summed E-state index contributed by atoms with van der Waals surface area (Å²) in [5.41, 5.74) is 3.85. The molecule has 156 valence electrons. The van der Waals surface area contributed by atoms with E-state index >= 15 is 0 Å². The Bertz CT molecular complexity index is 973. The first kappa shape index (κ1) is 20.1. The van der Waals surface area contributed by atoms with Crippen molar-refractivity contribution >= 4 is 29.1 Å². The maximum atomic E-state index is 12.8. The molecule has 0 unspecified atom stereocenters. The number of carbonyl (C=O) groups is 3. The lowest BCUT2D eigenvalue weighted by Crippen LogP contribution is -2.34. The van der Waals surface area contributed by atoms with Crippen LogP contribution in [0, 0.1) is 5.92 Å². The Morgan fingerprint density at radius 1 is 1.17 bits per heavy atom. The van der Waals surface area contributed by atoms with Gasteiger partial charge in [0.25, 0.3) is 0 Å². The van der Waals surface area contributed by atoms with Crippen molar-refractivity contribution in [3.05, 3.63) is 59.7 Å². The molecular weight excluding hydrogens is 378 g/mol. The van der Waals surface area contributed by atoms with E-state index in [1.165, 1.54) is 0 Å². The first-order chi connectivity index (χ1) is 14.5. The lowest BCUT2D eigenvalue weighted by molar-refractivity contribution is -0.126. The van der Waals surface area contributed by atoms with Crippen molar-refractivity contribution in [3.63, 3.8) is 0 Å². The fraction of sp³-hybridized carbons (Fsp3) is 0.375. The van der Waals surface area contributed by atoms with E-state index in [2.05, 4.69) is 5.32 Å². The number of hydrogen-bond donors (Lipinski definition) is 1. The molecule has 2 atom stereocenters. The molecule has 30 heavy (non-hydrogen) atoms. The van der Waals surface area contributed by atoms with Crippen molar-refractivity contribution < 1.29 is 14.4 Å². The van der Waals surface area contributed by atoms with Gasteiger partial charge in [0.1, 0.15) is 0 Å². The number of hydrogen-bond acceptors (Lipinski definition) is 3. The lowest BCUT2D eigenvalue weighted by atomic mass is 10.1. The maximum Gasteiger partial charge on any atom is 0.227 e. The second kappa shape index (κ2) is 8.30. The molecule has 0 saturated carbocycles. The highest BCUT2D eigenvalue weighted by Gasteiger charge is 2.36. The topological polar surface area (TPSA) is 69.7 Å². The monoisotopic (exact) mass is 405 g/mol. The minimum Gasteiger partial charge on any atom is -0.349 e. The summed E-state index contributed by atoms with van der Waals surface area (Å²) < 4.78 is 0. The zero-order chi connectivity index (χ0) is 21.3. The van der Waals surface area contributed by atoms with Crippen molar-refractivity contribution in [3.8, 4) is 0 Å². The van der Waals surface area contributed by atoms with Gasteiger partial charge in [-0.05, 0) is 42.7 Å². The van der Waals surface area contributed by atoms with Gasteiger partial charge in [-0.25, -0.2) is 0 Å². The van der Waals surface area contributed by atoms with E-state index in [-0.39, 0.29) is 36.1 Å². The average molecular weight is 405 g/mol. The molecule has 0 radical (unpaired) electrons. The Morgan fingerprint density at radius 3 is 2.67 bits per heavy atom. The molecule has 1 N–H and O–H groups in total. The van der Waals surface area contributed by atoms with Crippen LogP contribution >= 0.6 is 0 Å². The molecule has 3 amide bonds. The van der Waals surface area contributed by atoms with Gasteiger partial charge >= 0.3 is 0 Å². The fourth-order valence-electron chi connectivity index (χ4n) is 4.30. The molecule has 2 aliphatic rings. The van der Waals surface area contributed by atoms with Gasteiger partial charge in [-0.3, -0.25) is 14.4 Å². The molecule has 0 spiro atoms. The van der Waals surface area contributed by atoms with Crippen LogP contribution in [0.25, 0.3) is 0 Å². The second-order valence-corrected chi connectivity index (χ2v) is 8.01. The largest absolute Gasteiger partial charge is 0.349 e. The summed E-state index contributed by atoms with van der Waals surface area (Å²) in [5, 5.41) is 3.04. The quantitative estimate of drug-likeness (QED) is 0.830. The summed E-state index contributed by atoms with van der Waals surface area (Å²) in [5.74, 6) is -0.386. The molecule has 2 aromatic rings. The average Bonchev–Trinajstić information content (AvgIpc) is 3.36. The minimum atomic E-state index is -0.366. The van der Waals surface area contributed by atoms with E-state index in [0.717, 1.165) is 28.9 Å². The second-order valence-electron chi connectivity index (χ2n) is 8.01. The molecule has 0 aromatic heterocycles. The van der Waals surface area contributed by atoms with Crippen LogP contribution in [0.4, 0.5) is 11.4 Å². The standard InChI is InChI=1S/C24H27N3O3/c1-3-22(28)26-12-11-18-13-20(9-10-21(18)26)27-15-19(14-23(27)29)24(30)25-16(2)17-7-5-4-6-8-17/h4-10,13,16,19H,3,11-12,14-15H2,1-2H3,(H,25,30)/t16-,19-/m1/s1. The van der Waals surface area contributed by atoms with E-state index in [1.807, 2.05) is 67.3 Å². The van der Waals surface area contributed by atoms with Crippen LogP contribution in [0.1, 0.15) is 43.9 Å². The number of nitrogens with zero attached hydrogens (tertiary/aromatic N) is 2. The normalized spacial score (nSPS) is 19.0. The Kier molecular flexibility index (Phi) is 5.57. The highest BCUT2D eigenvalue weighted by Crippen LogP contribution is 2.34. The SMILES string of the molecule is CCC(=O)N1CCc2cc(N3C[C@H](C(=O)N[C@H](C)c4ccccc4)CC3=O)ccc21. The van der Waals surface area contributed by atoms with E-state index in [9.17, 15) is 14.4 Å². The number of carbonyl (C=O) groups excluding carboxylic acids is 3.